The Bertz CT molecular complexity index is 1640. The first kappa shape index (κ1) is 38.0. The van der Waals surface area contributed by atoms with Gasteiger partial charge in [0, 0.05) is 37.8 Å². The summed E-state index contributed by atoms with van der Waals surface area (Å²) in [6.45, 7) is 9.48. The van der Waals surface area contributed by atoms with Crippen LogP contribution in [-0.4, -0.2) is 80.8 Å². The summed E-state index contributed by atoms with van der Waals surface area (Å²) >= 11 is 12.4. The van der Waals surface area contributed by atoms with E-state index >= 15 is 0 Å². The van der Waals surface area contributed by atoms with E-state index in [4.69, 9.17) is 32.7 Å². The average Bonchev–Trinajstić information content (AvgIpc) is 3.04. The van der Waals surface area contributed by atoms with Gasteiger partial charge in [0.1, 0.15) is 5.75 Å². The topological polar surface area (TPSA) is 108 Å². The number of fused-ring (bicyclic) bond motifs is 1. The van der Waals surface area contributed by atoms with Gasteiger partial charge in [-0.05, 0) is 95.1 Å². The zero-order chi connectivity index (χ0) is 35.0. The summed E-state index contributed by atoms with van der Waals surface area (Å²) < 4.78 is 41.8. The molecule has 2 N–H and O–H groups in total. The van der Waals surface area contributed by atoms with Crippen molar-refractivity contribution in [3.8, 4) is 5.75 Å². The summed E-state index contributed by atoms with van der Waals surface area (Å²) in [4.78, 5) is 18.3. The maximum absolute atomic E-state index is 14.4. The fraction of sp³-hybridized carbons (Fsp3) is 0.472. The summed E-state index contributed by atoms with van der Waals surface area (Å²) in [6, 6.07) is 16.4. The van der Waals surface area contributed by atoms with Crippen molar-refractivity contribution in [3.63, 3.8) is 0 Å². The first-order chi connectivity index (χ1) is 22.8. The molecule has 1 aliphatic rings. The Hall–Kier alpha value is -2.86. The molecule has 1 amide bonds. The maximum atomic E-state index is 14.4. The van der Waals surface area contributed by atoms with Crippen LogP contribution in [0.25, 0.3) is 0 Å². The number of carbonyl (C=O) groups is 1. The number of aliphatic hydroxyl groups excluding tert-OH is 1. The monoisotopic (exact) mass is 719 g/mol. The Morgan fingerprint density at radius 1 is 1.04 bits per heavy atom. The van der Waals surface area contributed by atoms with Crippen LogP contribution < -0.4 is 9.46 Å². The molecule has 0 unspecified atom stereocenters. The Balaban J connectivity index is 1.63. The number of nitrogens with one attached hydrogen (secondary N) is 1. The lowest BCUT2D eigenvalue weighted by Crippen LogP contribution is -2.47. The van der Waals surface area contributed by atoms with E-state index < -0.39 is 16.1 Å². The van der Waals surface area contributed by atoms with Crippen LogP contribution in [-0.2, 0) is 21.3 Å². The summed E-state index contributed by atoms with van der Waals surface area (Å²) in [5.74, 6) is -0.129. The van der Waals surface area contributed by atoms with Crippen molar-refractivity contribution in [2.75, 3.05) is 38.1 Å². The van der Waals surface area contributed by atoms with Gasteiger partial charge in [0.2, 0.25) is 0 Å². The highest BCUT2D eigenvalue weighted by Gasteiger charge is 2.31. The Kier molecular flexibility index (Phi) is 13.6. The van der Waals surface area contributed by atoms with Crippen LogP contribution in [0.1, 0.15) is 61.5 Å². The molecule has 48 heavy (non-hydrogen) atoms. The molecular formula is C36H47Cl2N3O6S. The molecule has 0 spiro atoms. The number of ether oxygens (including phenoxy) is 2. The number of carbonyl (C=O) groups excluding carboxylic acids is 1. The largest absolute Gasteiger partial charge is 0.490 e. The molecule has 12 heteroatoms. The molecule has 0 fully saturated rings. The number of likely N-dealkylation sites (N-methyl/N-ethyl adjacent to an activating group) is 1. The number of aliphatic hydroxyl groups is 1. The fourth-order valence-corrected chi connectivity index (χ4v) is 7.07. The molecule has 1 heterocycles. The highest BCUT2D eigenvalue weighted by atomic mass is 35.5. The molecular weight excluding hydrogens is 673 g/mol. The second kappa shape index (κ2) is 17.2. The predicted molar refractivity (Wildman–Crippen MR) is 192 cm³/mol. The van der Waals surface area contributed by atoms with Crippen molar-refractivity contribution in [2.45, 2.75) is 76.6 Å². The second-order valence-corrected chi connectivity index (χ2v) is 15.4. The zero-order valence-electron chi connectivity index (χ0n) is 28.3. The zero-order valence-corrected chi connectivity index (χ0v) is 30.6. The van der Waals surface area contributed by atoms with Crippen molar-refractivity contribution in [2.24, 2.45) is 5.92 Å². The van der Waals surface area contributed by atoms with E-state index in [2.05, 4.69) is 9.62 Å². The predicted octanol–water partition coefficient (Wildman–Crippen LogP) is 7.03. The van der Waals surface area contributed by atoms with Crippen molar-refractivity contribution >= 4 is 44.8 Å². The number of nitrogens with zero attached hydrogens (tertiary/aromatic N) is 2. The highest BCUT2D eigenvalue weighted by molar-refractivity contribution is 7.92. The minimum atomic E-state index is -3.91. The van der Waals surface area contributed by atoms with Crippen LogP contribution in [0.3, 0.4) is 0 Å². The lowest BCUT2D eigenvalue weighted by Gasteiger charge is -2.36. The summed E-state index contributed by atoms with van der Waals surface area (Å²) in [6.07, 6.45) is 2.03. The van der Waals surface area contributed by atoms with E-state index in [-0.39, 0.29) is 46.8 Å². The van der Waals surface area contributed by atoms with Gasteiger partial charge >= 0.3 is 0 Å². The molecule has 0 bridgehead atoms. The minimum absolute atomic E-state index is 0.115. The van der Waals surface area contributed by atoms with Gasteiger partial charge in [0.25, 0.3) is 15.9 Å². The molecule has 4 atom stereocenters. The van der Waals surface area contributed by atoms with Gasteiger partial charge in [-0.15, -0.1) is 0 Å². The third-order valence-corrected chi connectivity index (χ3v) is 10.7. The highest BCUT2D eigenvalue weighted by Crippen LogP contribution is 2.30. The number of rotatable bonds is 9. The minimum Gasteiger partial charge on any atom is -0.490 e. The first-order valence-corrected chi connectivity index (χ1v) is 18.6. The number of hydrogen-bond acceptors (Lipinski definition) is 7. The van der Waals surface area contributed by atoms with Crippen molar-refractivity contribution in [3.05, 3.63) is 87.4 Å². The van der Waals surface area contributed by atoms with E-state index in [9.17, 15) is 18.3 Å². The van der Waals surface area contributed by atoms with Crippen LogP contribution in [0, 0.1) is 12.8 Å². The van der Waals surface area contributed by atoms with Crippen molar-refractivity contribution in [1.29, 1.82) is 0 Å². The Morgan fingerprint density at radius 3 is 2.46 bits per heavy atom. The standard InChI is InChI=1S/C36H47Cl2N3O6S/c1-24-9-13-30(14-10-24)48(44,45)39-29-12-16-34-31(19-29)36(43)41(26(3)23-42)20-25(2)35(46-17-7-6-8-27(4)47-34)22-40(5)21-28-11-15-32(37)33(38)18-28/h9-16,18-19,25-27,35,39,42H,6-8,17,20-23H2,1-5H3/t25-,26-,27+,35+/m0/s1. The van der Waals surface area contributed by atoms with Crippen LogP contribution in [0.4, 0.5) is 5.69 Å². The van der Waals surface area contributed by atoms with Crippen LogP contribution >= 0.6 is 23.2 Å². The van der Waals surface area contributed by atoms with Gasteiger partial charge < -0.3 is 19.5 Å². The van der Waals surface area contributed by atoms with Crippen molar-refractivity contribution < 1.29 is 27.8 Å². The van der Waals surface area contributed by atoms with E-state index in [1.807, 2.05) is 40.0 Å². The Labute approximate surface area is 295 Å². The van der Waals surface area contributed by atoms with E-state index in [0.717, 1.165) is 30.4 Å². The molecule has 0 aromatic heterocycles. The lowest BCUT2D eigenvalue weighted by molar-refractivity contribution is -0.0177. The number of anilines is 1. The number of aryl methyl sites for hydroxylation is 1. The van der Waals surface area contributed by atoms with E-state index in [1.165, 1.54) is 6.07 Å². The number of hydrogen-bond donors (Lipinski definition) is 2. The average molecular weight is 721 g/mol. The number of sulfonamides is 1. The van der Waals surface area contributed by atoms with Gasteiger partial charge in [0.05, 0.1) is 45.4 Å². The normalized spacial score (nSPS) is 20.5. The smallest absolute Gasteiger partial charge is 0.261 e. The molecule has 3 aromatic carbocycles. The maximum Gasteiger partial charge on any atom is 0.261 e. The molecule has 1 aliphatic heterocycles. The number of benzene rings is 3. The van der Waals surface area contributed by atoms with E-state index in [1.54, 1.807) is 54.3 Å². The van der Waals surface area contributed by atoms with Gasteiger partial charge in [-0.3, -0.25) is 14.4 Å². The van der Waals surface area contributed by atoms with Crippen LogP contribution in [0.15, 0.2) is 65.6 Å². The molecule has 3 aromatic rings. The second-order valence-electron chi connectivity index (χ2n) is 12.9. The number of amides is 1. The molecule has 262 valence electrons. The molecule has 0 saturated heterocycles. The van der Waals surface area contributed by atoms with Gasteiger partial charge in [-0.1, -0.05) is 53.9 Å². The summed E-state index contributed by atoms with van der Waals surface area (Å²) in [7, 11) is -1.90. The molecule has 0 radical (unpaired) electrons. The number of halogens is 2. The van der Waals surface area contributed by atoms with E-state index in [0.29, 0.717) is 42.0 Å². The van der Waals surface area contributed by atoms with Gasteiger partial charge in [0.15, 0.2) is 0 Å². The van der Waals surface area contributed by atoms with Crippen LogP contribution in [0.5, 0.6) is 5.75 Å². The third-order valence-electron chi connectivity index (χ3n) is 8.56. The SMILES string of the molecule is Cc1ccc(S(=O)(=O)Nc2ccc3c(c2)C(=O)N([C@@H](C)CO)C[C@H](C)[C@@H](CN(C)Cc2ccc(Cl)c(Cl)c2)OCCCC[C@@H](C)O3)cc1. The lowest BCUT2D eigenvalue weighted by atomic mass is 10.0. The third kappa shape index (κ3) is 10.3. The van der Waals surface area contributed by atoms with Gasteiger partial charge in [-0.2, -0.15) is 0 Å². The fourth-order valence-electron chi connectivity index (χ4n) is 5.70. The quantitative estimate of drug-likeness (QED) is 0.245. The molecule has 9 nitrogen and oxygen atoms in total. The van der Waals surface area contributed by atoms with Crippen molar-refractivity contribution in [1.82, 2.24) is 9.80 Å². The molecule has 0 saturated carbocycles. The summed E-state index contributed by atoms with van der Waals surface area (Å²) in [5.41, 5.74) is 2.40. The molecule has 4 rings (SSSR count). The van der Waals surface area contributed by atoms with Gasteiger partial charge in [-0.25, -0.2) is 8.42 Å². The Morgan fingerprint density at radius 2 is 1.77 bits per heavy atom. The van der Waals surface area contributed by atoms with Crippen LogP contribution in [0.2, 0.25) is 10.0 Å². The summed E-state index contributed by atoms with van der Waals surface area (Å²) in [5, 5.41) is 11.3. The molecule has 0 aliphatic carbocycles. The first-order valence-electron chi connectivity index (χ1n) is 16.3.